The normalized spacial score (nSPS) is 12.3. The van der Waals surface area contributed by atoms with E-state index in [0.29, 0.717) is 12.8 Å². The van der Waals surface area contributed by atoms with E-state index in [1.54, 1.807) is 0 Å². The van der Waals surface area contributed by atoms with Crippen LogP contribution in [-0.4, -0.2) is 36.1 Å². The molecule has 0 spiro atoms. The molecule has 0 aromatic rings. The first-order chi connectivity index (χ1) is 21.1. The number of carbonyl (C=O) groups excluding carboxylic acids is 2. The van der Waals surface area contributed by atoms with E-state index in [-0.39, 0.29) is 25.2 Å². The molecule has 0 aromatic carbocycles. The second-order valence-electron chi connectivity index (χ2n) is 12.5. The van der Waals surface area contributed by atoms with Crippen molar-refractivity contribution in [3.63, 3.8) is 0 Å². The second-order valence-corrected chi connectivity index (χ2v) is 13.0. The smallest absolute Gasteiger partial charge is 0.306 e. The summed E-state index contributed by atoms with van der Waals surface area (Å²) in [7, 11) is -0.688. The van der Waals surface area contributed by atoms with Crippen molar-refractivity contribution in [3.8, 4) is 0 Å². The van der Waals surface area contributed by atoms with Crippen molar-refractivity contribution in [1.82, 2.24) is 0 Å². The maximum Gasteiger partial charge on any atom is 0.306 e. The van der Waals surface area contributed by atoms with Crippen LogP contribution in [0.5, 0.6) is 0 Å². The fourth-order valence-corrected chi connectivity index (χ4v) is 5.76. The highest BCUT2D eigenvalue weighted by molar-refractivity contribution is 7.24. The minimum atomic E-state index is -0.688. The first kappa shape index (κ1) is 42.3. The first-order valence-electron chi connectivity index (χ1n) is 18.5. The van der Waals surface area contributed by atoms with Crippen LogP contribution in [0.3, 0.4) is 0 Å². The molecule has 0 aliphatic carbocycles. The van der Waals surface area contributed by atoms with Crippen LogP contribution in [0.15, 0.2) is 0 Å². The largest absolute Gasteiger partial charge is 0.462 e. The SMILES string of the molecule is CCCCCCCCCCCCCCCCCC(=O)O[C@H](COPO)COC(=O)CCCCCCCCCCCCCC. The topological polar surface area (TPSA) is 82.1 Å². The van der Waals surface area contributed by atoms with Crippen LogP contribution in [0, 0.1) is 0 Å². The van der Waals surface area contributed by atoms with Gasteiger partial charge < -0.3 is 18.9 Å². The highest BCUT2D eigenvalue weighted by Crippen LogP contribution is 2.16. The standard InChI is InChI=1S/C36H71O6P/c1-3-5-7-9-11-13-15-17-18-19-21-23-25-27-29-31-36(38)42-34(33-41-43-39)32-40-35(37)30-28-26-24-22-20-16-14-12-10-8-6-4-2/h34,39,43H,3-33H2,1-2H3/t34-/m0/s1. The van der Waals surface area contributed by atoms with E-state index >= 15 is 0 Å². The summed E-state index contributed by atoms with van der Waals surface area (Å²) in [5.41, 5.74) is 0. The van der Waals surface area contributed by atoms with Crippen molar-refractivity contribution >= 4 is 21.0 Å². The van der Waals surface area contributed by atoms with Crippen molar-refractivity contribution in [2.45, 2.75) is 206 Å². The van der Waals surface area contributed by atoms with E-state index in [1.807, 2.05) is 0 Å². The molecule has 0 aromatic heterocycles. The quantitative estimate of drug-likeness (QED) is 0.0426. The molecule has 0 amide bonds. The van der Waals surface area contributed by atoms with Crippen LogP contribution in [-0.2, 0) is 23.6 Å². The fraction of sp³-hybridized carbons (Fsp3) is 0.944. The lowest BCUT2D eigenvalue weighted by Crippen LogP contribution is -2.29. The maximum absolute atomic E-state index is 12.3. The predicted octanol–water partition coefficient (Wildman–Crippen LogP) is 11.3. The summed E-state index contributed by atoms with van der Waals surface area (Å²) in [6.45, 7) is 4.53. The van der Waals surface area contributed by atoms with Gasteiger partial charge in [-0.25, -0.2) is 0 Å². The number of carbonyl (C=O) groups is 2. The number of rotatable bonds is 35. The molecular weight excluding hydrogens is 559 g/mol. The fourth-order valence-electron chi connectivity index (χ4n) is 5.50. The molecule has 0 fully saturated rings. The van der Waals surface area contributed by atoms with E-state index in [9.17, 15) is 9.59 Å². The molecule has 0 radical (unpaired) electrons. The molecule has 0 aliphatic rings. The van der Waals surface area contributed by atoms with E-state index in [0.717, 1.165) is 38.5 Å². The molecule has 0 aliphatic heterocycles. The second kappa shape index (κ2) is 35.8. The number of unbranched alkanes of at least 4 members (excludes halogenated alkanes) is 25. The third kappa shape index (κ3) is 34.0. The Bertz CT molecular complexity index is 588. The lowest BCUT2D eigenvalue weighted by atomic mass is 10.0. The van der Waals surface area contributed by atoms with Gasteiger partial charge in [0.05, 0.1) is 6.61 Å². The molecule has 0 heterocycles. The van der Waals surface area contributed by atoms with Gasteiger partial charge >= 0.3 is 11.9 Å². The maximum atomic E-state index is 12.3. The van der Waals surface area contributed by atoms with Gasteiger partial charge in [-0.05, 0) is 12.8 Å². The Labute approximate surface area is 268 Å². The van der Waals surface area contributed by atoms with Crippen molar-refractivity contribution in [2.24, 2.45) is 0 Å². The van der Waals surface area contributed by atoms with Gasteiger partial charge in [0.1, 0.15) is 6.61 Å². The van der Waals surface area contributed by atoms with Gasteiger partial charge in [0.15, 0.2) is 15.1 Å². The van der Waals surface area contributed by atoms with E-state index in [1.165, 1.54) is 135 Å². The zero-order valence-corrected chi connectivity index (χ0v) is 29.5. The number of hydrogen-bond acceptors (Lipinski definition) is 6. The summed E-state index contributed by atoms with van der Waals surface area (Å²) < 4.78 is 15.9. The van der Waals surface area contributed by atoms with Gasteiger partial charge in [0, 0.05) is 12.8 Å². The van der Waals surface area contributed by atoms with Crippen LogP contribution < -0.4 is 0 Å². The minimum absolute atomic E-state index is 0.0217. The lowest BCUT2D eigenvalue weighted by Gasteiger charge is -2.17. The summed E-state index contributed by atoms with van der Waals surface area (Å²) in [5.74, 6) is -0.552. The Morgan fingerprint density at radius 3 is 1.16 bits per heavy atom. The summed E-state index contributed by atoms with van der Waals surface area (Å²) in [6, 6.07) is 0. The van der Waals surface area contributed by atoms with Gasteiger partial charge in [0.2, 0.25) is 0 Å². The third-order valence-electron chi connectivity index (χ3n) is 8.28. The molecule has 7 heteroatoms. The van der Waals surface area contributed by atoms with Gasteiger partial charge in [-0.2, -0.15) is 0 Å². The van der Waals surface area contributed by atoms with Crippen molar-refractivity contribution in [2.75, 3.05) is 13.2 Å². The van der Waals surface area contributed by atoms with Gasteiger partial charge in [-0.15, -0.1) is 0 Å². The zero-order valence-electron chi connectivity index (χ0n) is 28.5. The first-order valence-corrected chi connectivity index (χ1v) is 19.4. The molecule has 0 saturated carbocycles. The van der Waals surface area contributed by atoms with Crippen LogP contribution in [0.25, 0.3) is 0 Å². The number of esters is 2. The summed E-state index contributed by atoms with van der Waals surface area (Å²) in [4.78, 5) is 33.5. The Kier molecular flexibility index (Phi) is 35.2. The Morgan fingerprint density at radius 2 is 0.814 bits per heavy atom. The van der Waals surface area contributed by atoms with Gasteiger partial charge in [0.25, 0.3) is 0 Å². The average Bonchev–Trinajstić information content (AvgIpc) is 3.01. The molecule has 1 N–H and O–H groups in total. The zero-order chi connectivity index (χ0) is 31.5. The monoisotopic (exact) mass is 630 g/mol. The Morgan fingerprint density at radius 1 is 0.488 bits per heavy atom. The predicted molar refractivity (Wildman–Crippen MR) is 183 cm³/mol. The number of hydrogen-bond donors (Lipinski definition) is 1. The van der Waals surface area contributed by atoms with Crippen molar-refractivity contribution < 1.29 is 28.5 Å². The van der Waals surface area contributed by atoms with E-state index in [4.69, 9.17) is 18.9 Å². The highest BCUT2D eigenvalue weighted by Gasteiger charge is 2.17. The van der Waals surface area contributed by atoms with Crippen LogP contribution in [0.1, 0.15) is 200 Å². The molecular formula is C36H71O6P. The Balaban J connectivity index is 3.71. The van der Waals surface area contributed by atoms with E-state index in [2.05, 4.69) is 13.8 Å². The van der Waals surface area contributed by atoms with Gasteiger partial charge in [-0.3, -0.25) is 9.59 Å². The molecule has 0 saturated heterocycles. The van der Waals surface area contributed by atoms with Crippen LogP contribution in [0.2, 0.25) is 0 Å². The van der Waals surface area contributed by atoms with Crippen molar-refractivity contribution in [3.05, 3.63) is 0 Å². The number of ether oxygens (including phenoxy) is 2. The molecule has 0 bridgehead atoms. The Hall–Kier alpha value is -0.710. The average molecular weight is 631 g/mol. The molecule has 6 nitrogen and oxygen atoms in total. The highest BCUT2D eigenvalue weighted by atomic mass is 31.1. The minimum Gasteiger partial charge on any atom is -0.462 e. The van der Waals surface area contributed by atoms with Crippen LogP contribution in [0.4, 0.5) is 0 Å². The van der Waals surface area contributed by atoms with Crippen molar-refractivity contribution in [1.29, 1.82) is 0 Å². The van der Waals surface area contributed by atoms with Gasteiger partial charge in [-0.1, -0.05) is 174 Å². The summed E-state index contributed by atoms with van der Waals surface area (Å²) >= 11 is 0. The lowest BCUT2D eigenvalue weighted by molar-refractivity contribution is -0.161. The van der Waals surface area contributed by atoms with Crippen LogP contribution >= 0.6 is 9.03 Å². The summed E-state index contributed by atoms with van der Waals surface area (Å²) in [5, 5.41) is 0. The molecule has 256 valence electrons. The molecule has 1 unspecified atom stereocenters. The molecule has 0 rings (SSSR count). The summed E-state index contributed by atoms with van der Waals surface area (Å²) in [6.07, 6.45) is 34.4. The van der Waals surface area contributed by atoms with E-state index < -0.39 is 15.1 Å². The third-order valence-corrected chi connectivity index (χ3v) is 8.58. The molecule has 2 atom stereocenters. The molecule has 43 heavy (non-hydrogen) atoms.